The van der Waals surface area contributed by atoms with E-state index in [2.05, 4.69) is 5.32 Å². The predicted octanol–water partition coefficient (Wildman–Crippen LogP) is 2.98. The molecule has 0 heterocycles. The van der Waals surface area contributed by atoms with E-state index in [1.54, 1.807) is 56.3 Å². The fourth-order valence-electron chi connectivity index (χ4n) is 2.76. The molecule has 7 heteroatoms. The summed E-state index contributed by atoms with van der Waals surface area (Å²) < 4.78 is 24.4. The van der Waals surface area contributed by atoms with E-state index >= 15 is 0 Å². The number of benzene rings is 2. The number of aliphatic carboxylic acids is 1. The van der Waals surface area contributed by atoms with Gasteiger partial charge in [0.2, 0.25) is 0 Å². The van der Waals surface area contributed by atoms with Crippen LogP contribution < -0.4 is 10.1 Å². The van der Waals surface area contributed by atoms with E-state index in [9.17, 15) is 14.0 Å². The Morgan fingerprint density at radius 2 is 1.83 bits per heavy atom. The molecule has 0 aromatic heterocycles. The van der Waals surface area contributed by atoms with Crippen LogP contribution in [0, 0.1) is 5.82 Å². The zero-order valence-electron chi connectivity index (χ0n) is 16.6. The van der Waals surface area contributed by atoms with Crippen LogP contribution in [-0.2, 0) is 27.2 Å². The highest BCUT2D eigenvalue weighted by Gasteiger charge is 2.18. The fourth-order valence-corrected chi connectivity index (χ4v) is 2.76. The Hall–Kier alpha value is -2.93. The van der Waals surface area contributed by atoms with Crippen molar-refractivity contribution in [3.05, 3.63) is 65.5 Å². The minimum atomic E-state index is -1.01. The van der Waals surface area contributed by atoms with Gasteiger partial charge in [-0.2, -0.15) is 0 Å². The summed E-state index contributed by atoms with van der Waals surface area (Å²) in [6.45, 7) is 4.00. The van der Waals surface area contributed by atoms with E-state index in [0.29, 0.717) is 30.9 Å². The number of hydrogen-bond acceptors (Lipinski definition) is 4. The molecule has 1 amide bonds. The van der Waals surface area contributed by atoms with Gasteiger partial charge in [-0.25, -0.2) is 9.18 Å². The lowest BCUT2D eigenvalue weighted by atomic mass is 10.1. The molecule has 2 aromatic carbocycles. The predicted molar refractivity (Wildman–Crippen MR) is 106 cm³/mol. The first-order valence-corrected chi connectivity index (χ1v) is 9.51. The van der Waals surface area contributed by atoms with E-state index in [1.165, 1.54) is 6.07 Å². The Morgan fingerprint density at radius 1 is 1.14 bits per heavy atom. The third-order valence-electron chi connectivity index (χ3n) is 4.32. The molecule has 0 saturated heterocycles. The number of carboxylic acid groups (broad SMARTS) is 1. The summed E-state index contributed by atoms with van der Waals surface area (Å²) in [5.41, 5.74) is 1.34. The number of halogens is 1. The highest BCUT2D eigenvalue weighted by molar-refractivity contribution is 5.80. The molecule has 0 aliphatic rings. The molecular formula is C22H26FNO5. The van der Waals surface area contributed by atoms with Crippen molar-refractivity contribution in [2.24, 2.45) is 0 Å². The van der Waals surface area contributed by atoms with Crippen LogP contribution in [0.4, 0.5) is 4.39 Å². The second-order valence-corrected chi connectivity index (χ2v) is 6.52. The topological polar surface area (TPSA) is 84.9 Å². The van der Waals surface area contributed by atoms with E-state index in [4.69, 9.17) is 14.6 Å². The van der Waals surface area contributed by atoms with Crippen LogP contribution in [0.2, 0.25) is 0 Å². The summed E-state index contributed by atoms with van der Waals surface area (Å²) in [6.07, 6.45) is -0.984. The van der Waals surface area contributed by atoms with E-state index in [-0.39, 0.29) is 18.1 Å². The molecule has 2 atom stereocenters. The zero-order valence-corrected chi connectivity index (χ0v) is 16.6. The standard InChI is InChI=1S/C22H26FNO5/c1-3-28-20(22(26)27)14-16-8-10-18(11-9-16)29-15(2)21(25)24-13-12-17-6-4-5-7-19(17)23/h4-11,15,20H,3,12-14H2,1-2H3,(H,24,25)(H,26,27)/t15-,20+/m1/s1. The molecule has 0 unspecified atom stereocenters. The molecule has 29 heavy (non-hydrogen) atoms. The summed E-state index contributed by atoms with van der Waals surface area (Å²) in [5.74, 6) is -1.10. The number of rotatable bonds is 11. The number of amides is 1. The van der Waals surface area contributed by atoms with Gasteiger partial charge in [-0.15, -0.1) is 0 Å². The molecule has 0 fully saturated rings. The second kappa shape index (κ2) is 11.2. The molecule has 0 aliphatic heterocycles. The number of hydrogen-bond donors (Lipinski definition) is 2. The molecule has 0 bridgehead atoms. The lowest BCUT2D eigenvalue weighted by Gasteiger charge is -2.16. The van der Waals surface area contributed by atoms with Gasteiger partial charge in [0.05, 0.1) is 0 Å². The molecule has 0 spiro atoms. The van der Waals surface area contributed by atoms with Crippen molar-refractivity contribution in [3.8, 4) is 5.75 Å². The molecule has 2 rings (SSSR count). The molecule has 2 aromatic rings. The average molecular weight is 403 g/mol. The minimum Gasteiger partial charge on any atom is -0.481 e. The van der Waals surface area contributed by atoms with Crippen molar-refractivity contribution in [2.45, 2.75) is 38.9 Å². The van der Waals surface area contributed by atoms with Gasteiger partial charge in [-0.05, 0) is 49.6 Å². The van der Waals surface area contributed by atoms with Gasteiger partial charge in [0.1, 0.15) is 11.6 Å². The summed E-state index contributed by atoms with van der Waals surface area (Å²) >= 11 is 0. The molecule has 6 nitrogen and oxygen atoms in total. The molecule has 0 radical (unpaired) electrons. The van der Waals surface area contributed by atoms with Crippen LogP contribution in [0.1, 0.15) is 25.0 Å². The highest BCUT2D eigenvalue weighted by Crippen LogP contribution is 2.16. The van der Waals surface area contributed by atoms with Crippen molar-refractivity contribution in [3.63, 3.8) is 0 Å². The van der Waals surface area contributed by atoms with Crippen LogP contribution in [0.3, 0.4) is 0 Å². The Balaban J connectivity index is 1.81. The smallest absolute Gasteiger partial charge is 0.333 e. The van der Waals surface area contributed by atoms with Gasteiger partial charge in [0, 0.05) is 19.6 Å². The summed E-state index contributed by atoms with van der Waals surface area (Å²) in [6, 6.07) is 13.3. The maximum atomic E-state index is 13.6. The van der Waals surface area contributed by atoms with Gasteiger partial charge < -0.3 is 19.9 Å². The van der Waals surface area contributed by atoms with Crippen molar-refractivity contribution < 1.29 is 28.6 Å². The van der Waals surface area contributed by atoms with E-state index in [0.717, 1.165) is 5.56 Å². The number of carbonyl (C=O) groups is 2. The molecule has 0 aliphatic carbocycles. The van der Waals surface area contributed by atoms with Gasteiger partial charge in [0.25, 0.3) is 5.91 Å². The number of nitrogens with one attached hydrogen (secondary N) is 1. The van der Waals surface area contributed by atoms with Gasteiger partial charge in [-0.3, -0.25) is 4.79 Å². The van der Waals surface area contributed by atoms with E-state index in [1.807, 2.05) is 0 Å². The van der Waals surface area contributed by atoms with Crippen molar-refractivity contribution >= 4 is 11.9 Å². The largest absolute Gasteiger partial charge is 0.481 e. The Labute approximate surface area is 169 Å². The first-order valence-electron chi connectivity index (χ1n) is 9.51. The van der Waals surface area contributed by atoms with Crippen LogP contribution in [-0.4, -0.2) is 42.3 Å². The Kier molecular flexibility index (Phi) is 8.61. The van der Waals surface area contributed by atoms with Gasteiger partial charge in [0.15, 0.2) is 12.2 Å². The maximum absolute atomic E-state index is 13.6. The van der Waals surface area contributed by atoms with Crippen LogP contribution in [0.15, 0.2) is 48.5 Å². The number of carboxylic acids is 1. The van der Waals surface area contributed by atoms with Crippen molar-refractivity contribution in [2.75, 3.05) is 13.2 Å². The summed E-state index contributed by atoms with van der Waals surface area (Å²) in [7, 11) is 0. The first kappa shape index (κ1) is 22.4. The lowest BCUT2D eigenvalue weighted by molar-refractivity contribution is -0.150. The highest BCUT2D eigenvalue weighted by atomic mass is 19.1. The normalized spacial score (nSPS) is 12.8. The monoisotopic (exact) mass is 403 g/mol. The molecular weight excluding hydrogens is 377 g/mol. The SMILES string of the molecule is CCO[C@@H](Cc1ccc(O[C@H](C)C(=O)NCCc2ccccc2F)cc1)C(=O)O. The molecule has 156 valence electrons. The second-order valence-electron chi connectivity index (χ2n) is 6.52. The maximum Gasteiger partial charge on any atom is 0.333 e. The third-order valence-corrected chi connectivity index (χ3v) is 4.32. The van der Waals surface area contributed by atoms with Gasteiger partial charge in [-0.1, -0.05) is 30.3 Å². The molecule has 2 N–H and O–H groups in total. The minimum absolute atomic E-state index is 0.246. The Morgan fingerprint density at radius 3 is 2.45 bits per heavy atom. The Bertz CT molecular complexity index is 809. The lowest BCUT2D eigenvalue weighted by Crippen LogP contribution is -2.37. The third kappa shape index (κ3) is 7.19. The summed E-state index contributed by atoms with van der Waals surface area (Å²) in [4.78, 5) is 23.3. The van der Waals surface area contributed by atoms with Crippen molar-refractivity contribution in [1.82, 2.24) is 5.32 Å². The molecule has 0 saturated carbocycles. The fraction of sp³-hybridized carbons (Fsp3) is 0.364. The van der Waals surface area contributed by atoms with Crippen LogP contribution >= 0.6 is 0 Å². The van der Waals surface area contributed by atoms with Crippen molar-refractivity contribution in [1.29, 1.82) is 0 Å². The summed E-state index contributed by atoms with van der Waals surface area (Å²) in [5, 5.41) is 11.9. The van der Waals surface area contributed by atoms with Crippen LogP contribution in [0.25, 0.3) is 0 Å². The van der Waals surface area contributed by atoms with Gasteiger partial charge >= 0.3 is 5.97 Å². The zero-order chi connectivity index (χ0) is 21.2. The number of ether oxygens (including phenoxy) is 2. The average Bonchev–Trinajstić information content (AvgIpc) is 2.70. The first-order chi connectivity index (χ1) is 13.9. The number of carbonyl (C=O) groups excluding carboxylic acids is 1. The van der Waals surface area contributed by atoms with Crippen LogP contribution in [0.5, 0.6) is 5.75 Å². The van der Waals surface area contributed by atoms with E-state index < -0.39 is 18.2 Å². The quantitative estimate of drug-likeness (QED) is 0.603.